The average Bonchev–Trinajstić information content (AvgIpc) is 2.47. The van der Waals surface area contributed by atoms with Crippen LogP contribution in [-0.2, 0) is 4.79 Å². The van der Waals surface area contributed by atoms with E-state index in [-0.39, 0.29) is 5.91 Å². The molecule has 1 aromatic rings. The van der Waals surface area contributed by atoms with Gasteiger partial charge in [0.15, 0.2) is 0 Å². The number of hydrogen-bond donors (Lipinski definition) is 2. The van der Waals surface area contributed by atoms with Gasteiger partial charge in [-0.1, -0.05) is 12.1 Å². The highest BCUT2D eigenvalue weighted by Crippen LogP contribution is 2.23. The van der Waals surface area contributed by atoms with Crippen LogP contribution in [0, 0.1) is 0 Å². The van der Waals surface area contributed by atoms with Crippen LogP contribution in [0.2, 0.25) is 0 Å². The number of hydrogen-bond acceptors (Lipinski definition) is 4. The van der Waals surface area contributed by atoms with Crippen molar-refractivity contribution in [2.45, 2.75) is 19.4 Å². The monoisotopic (exact) mass is 277 g/mol. The molecule has 0 unspecified atom stereocenters. The predicted octanol–water partition coefficient (Wildman–Crippen LogP) is 1.32. The van der Waals surface area contributed by atoms with Crippen molar-refractivity contribution in [3.8, 4) is 5.75 Å². The first-order valence-electron chi connectivity index (χ1n) is 7.08. The van der Waals surface area contributed by atoms with Crippen molar-refractivity contribution in [1.29, 1.82) is 0 Å². The maximum absolute atomic E-state index is 12.0. The van der Waals surface area contributed by atoms with Gasteiger partial charge in [-0.15, -0.1) is 0 Å². The van der Waals surface area contributed by atoms with E-state index in [0.717, 1.165) is 31.9 Å². The van der Waals surface area contributed by atoms with Crippen molar-refractivity contribution in [3.05, 3.63) is 24.3 Å². The fourth-order valence-electron chi connectivity index (χ4n) is 2.42. The molecule has 1 aromatic carbocycles. The molecule has 5 nitrogen and oxygen atoms in total. The summed E-state index contributed by atoms with van der Waals surface area (Å²) in [6, 6.07) is 7.95. The first kappa shape index (κ1) is 14.8. The van der Waals surface area contributed by atoms with Gasteiger partial charge in [-0.25, -0.2) is 0 Å². The highest BCUT2D eigenvalue weighted by atomic mass is 16.5. The molecule has 2 N–H and O–H groups in total. The van der Waals surface area contributed by atoms with Crippen LogP contribution in [0.15, 0.2) is 24.3 Å². The van der Waals surface area contributed by atoms with E-state index in [1.165, 1.54) is 0 Å². The summed E-state index contributed by atoms with van der Waals surface area (Å²) in [6.07, 6.45) is 0.502. The summed E-state index contributed by atoms with van der Waals surface area (Å²) < 4.78 is 5.22. The summed E-state index contributed by atoms with van der Waals surface area (Å²) in [4.78, 5) is 14.4. The molecule has 1 aliphatic rings. The Balaban J connectivity index is 1.83. The van der Waals surface area contributed by atoms with Crippen LogP contribution < -0.4 is 15.4 Å². The molecule has 1 aliphatic heterocycles. The number of ether oxygens (including phenoxy) is 1. The number of anilines is 1. The Kier molecular flexibility index (Phi) is 5.38. The molecule has 0 radical (unpaired) electrons. The van der Waals surface area contributed by atoms with Crippen LogP contribution >= 0.6 is 0 Å². The molecular weight excluding hydrogens is 254 g/mol. The largest absolute Gasteiger partial charge is 0.495 e. The summed E-state index contributed by atoms with van der Waals surface area (Å²) in [7, 11) is 1.60. The minimum absolute atomic E-state index is 0.0280. The van der Waals surface area contributed by atoms with E-state index in [4.69, 9.17) is 4.74 Å². The Labute approximate surface area is 120 Å². The first-order valence-corrected chi connectivity index (χ1v) is 7.08. The first-order chi connectivity index (χ1) is 9.70. The van der Waals surface area contributed by atoms with Gasteiger partial charge in [-0.2, -0.15) is 0 Å². The molecule has 1 saturated heterocycles. The number of nitrogens with zero attached hydrogens (tertiary/aromatic N) is 1. The second-order valence-corrected chi connectivity index (χ2v) is 5.09. The van der Waals surface area contributed by atoms with E-state index >= 15 is 0 Å². The van der Waals surface area contributed by atoms with E-state index in [9.17, 15) is 4.79 Å². The van der Waals surface area contributed by atoms with Gasteiger partial charge in [0.2, 0.25) is 5.91 Å². The quantitative estimate of drug-likeness (QED) is 0.852. The predicted molar refractivity (Wildman–Crippen MR) is 80.1 cm³/mol. The molecule has 0 aromatic heterocycles. The van der Waals surface area contributed by atoms with Gasteiger partial charge in [-0.05, 0) is 19.1 Å². The molecule has 5 heteroatoms. The lowest BCUT2D eigenvalue weighted by atomic mass is 10.2. The number of carbonyl (C=O) groups excluding carboxylic acids is 1. The number of nitrogens with one attached hydrogen (secondary N) is 2. The van der Waals surface area contributed by atoms with Crippen LogP contribution in [0.3, 0.4) is 0 Å². The smallest absolute Gasteiger partial charge is 0.225 e. The third kappa shape index (κ3) is 3.95. The Morgan fingerprint density at radius 1 is 1.50 bits per heavy atom. The van der Waals surface area contributed by atoms with Gasteiger partial charge in [0.1, 0.15) is 5.75 Å². The van der Waals surface area contributed by atoms with E-state index in [1.54, 1.807) is 7.11 Å². The second-order valence-electron chi connectivity index (χ2n) is 5.09. The van der Waals surface area contributed by atoms with Crippen molar-refractivity contribution in [2.24, 2.45) is 0 Å². The lowest BCUT2D eigenvalue weighted by molar-refractivity contribution is -0.116. The summed E-state index contributed by atoms with van der Waals surface area (Å²) in [6.45, 7) is 5.98. The number of benzene rings is 1. The molecule has 0 bridgehead atoms. The van der Waals surface area contributed by atoms with E-state index in [0.29, 0.717) is 18.2 Å². The summed E-state index contributed by atoms with van der Waals surface area (Å²) >= 11 is 0. The normalized spacial score (nSPS) is 19.6. The van der Waals surface area contributed by atoms with E-state index < -0.39 is 0 Å². The average molecular weight is 277 g/mol. The Hall–Kier alpha value is -1.59. The number of para-hydroxylation sites is 2. The molecule has 1 heterocycles. The zero-order chi connectivity index (χ0) is 14.4. The fraction of sp³-hybridized carbons (Fsp3) is 0.533. The standard InChI is InChI=1S/C15H23N3O2/c1-12-11-16-8-10-18(12)9-7-15(19)17-13-5-3-4-6-14(13)20-2/h3-6,12,16H,7-11H2,1-2H3,(H,17,19)/t12-/m1/s1. The molecule has 0 spiro atoms. The third-order valence-corrected chi connectivity index (χ3v) is 3.65. The molecule has 0 aliphatic carbocycles. The van der Waals surface area contributed by atoms with Gasteiger partial charge < -0.3 is 15.4 Å². The van der Waals surface area contributed by atoms with Crippen LogP contribution in [-0.4, -0.2) is 50.1 Å². The molecule has 1 fully saturated rings. The molecular formula is C15H23N3O2. The van der Waals surface area contributed by atoms with Crippen molar-refractivity contribution in [2.75, 3.05) is 38.6 Å². The van der Waals surface area contributed by atoms with E-state index in [1.807, 2.05) is 24.3 Å². The summed E-state index contributed by atoms with van der Waals surface area (Å²) in [5.74, 6) is 0.719. The molecule has 0 saturated carbocycles. The highest BCUT2D eigenvalue weighted by molar-refractivity contribution is 5.92. The van der Waals surface area contributed by atoms with Gasteiger partial charge in [0, 0.05) is 38.6 Å². The number of piperazine rings is 1. The van der Waals surface area contributed by atoms with Crippen molar-refractivity contribution in [3.63, 3.8) is 0 Å². The van der Waals surface area contributed by atoms with Crippen LogP contribution in [0.1, 0.15) is 13.3 Å². The molecule has 2 rings (SSSR count). The molecule has 1 amide bonds. The molecule has 1 atom stereocenters. The summed E-state index contributed by atoms with van der Waals surface area (Å²) in [5.41, 5.74) is 0.730. The Bertz CT molecular complexity index is 450. The SMILES string of the molecule is COc1ccccc1NC(=O)CCN1CCNC[C@H]1C. The zero-order valence-corrected chi connectivity index (χ0v) is 12.2. The number of carbonyl (C=O) groups is 1. The fourth-order valence-corrected chi connectivity index (χ4v) is 2.42. The maximum atomic E-state index is 12.0. The van der Waals surface area contributed by atoms with Crippen LogP contribution in [0.4, 0.5) is 5.69 Å². The maximum Gasteiger partial charge on any atom is 0.225 e. The van der Waals surface area contributed by atoms with Crippen molar-refractivity contribution < 1.29 is 9.53 Å². The van der Waals surface area contributed by atoms with Crippen LogP contribution in [0.5, 0.6) is 5.75 Å². The lowest BCUT2D eigenvalue weighted by Gasteiger charge is -2.33. The third-order valence-electron chi connectivity index (χ3n) is 3.65. The van der Waals surface area contributed by atoms with Gasteiger partial charge in [-0.3, -0.25) is 9.69 Å². The number of rotatable bonds is 5. The second kappa shape index (κ2) is 7.26. The Morgan fingerprint density at radius 2 is 2.30 bits per heavy atom. The van der Waals surface area contributed by atoms with Gasteiger partial charge in [0.25, 0.3) is 0 Å². The molecule has 20 heavy (non-hydrogen) atoms. The lowest BCUT2D eigenvalue weighted by Crippen LogP contribution is -2.50. The topological polar surface area (TPSA) is 53.6 Å². The number of amides is 1. The Morgan fingerprint density at radius 3 is 3.05 bits per heavy atom. The summed E-state index contributed by atoms with van der Waals surface area (Å²) in [5, 5.41) is 6.26. The molecule has 110 valence electrons. The van der Waals surface area contributed by atoms with Gasteiger partial charge >= 0.3 is 0 Å². The minimum Gasteiger partial charge on any atom is -0.495 e. The zero-order valence-electron chi connectivity index (χ0n) is 12.2. The van der Waals surface area contributed by atoms with E-state index in [2.05, 4.69) is 22.5 Å². The van der Waals surface area contributed by atoms with Gasteiger partial charge in [0.05, 0.1) is 12.8 Å². The van der Waals surface area contributed by atoms with Crippen molar-refractivity contribution in [1.82, 2.24) is 10.2 Å². The highest BCUT2D eigenvalue weighted by Gasteiger charge is 2.18. The minimum atomic E-state index is 0.0280. The van der Waals surface area contributed by atoms with Crippen LogP contribution in [0.25, 0.3) is 0 Å². The van der Waals surface area contributed by atoms with Crippen molar-refractivity contribution >= 4 is 11.6 Å². The number of methoxy groups -OCH3 is 1.